The molecule has 2 unspecified atom stereocenters. The van der Waals surface area contributed by atoms with Crippen molar-refractivity contribution in [1.29, 1.82) is 0 Å². The number of aromatic nitrogens is 2. The highest BCUT2D eigenvalue weighted by Gasteiger charge is 2.24. The van der Waals surface area contributed by atoms with Crippen molar-refractivity contribution in [2.45, 2.75) is 59.1 Å². The van der Waals surface area contributed by atoms with Gasteiger partial charge in [-0.25, -0.2) is 0 Å². The normalized spacial score (nSPS) is 15.7. The van der Waals surface area contributed by atoms with Crippen molar-refractivity contribution in [3.05, 3.63) is 11.7 Å². The number of rotatable bonds is 6. The maximum absolute atomic E-state index is 6.10. The first-order valence-electron chi connectivity index (χ1n) is 6.49. The molecule has 0 aromatic carbocycles. The van der Waals surface area contributed by atoms with Crippen LogP contribution < -0.4 is 5.73 Å². The molecule has 2 N–H and O–H groups in total. The summed E-state index contributed by atoms with van der Waals surface area (Å²) in [5.41, 5.74) is 6.13. The Hall–Kier alpha value is -0.940. The number of nitrogens with zero attached hydrogens (tertiary/aromatic N) is 2. The van der Waals surface area contributed by atoms with E-state index in [1.807, 2.05) is 0 Å². The Kier molecular flexibility index (Phi) is 5.28. The Morgan fingerprint density at radius 3 is 2.56 bits per heavy atom. The molecule has 1 aromatic heterocycles. The molecule has 104 valence electrons. The second kappa shape index (κ2) is 6.29. The van der Waals surface area contributed by atoms with Crippen LogP contribution in [0.1, 0.15) is 58.4 Å². The first-order chi connectivity index (χ1) is 8.38. The summed E-state index contributed by atoms with van der Waals surface area (Å²) >= 11 is 0. The fourth-order valence-electron chi connectivity index (χ4n) is 1.59. The van der Waals surface area contributed by atoms with Crippen LogP contribution in [0.2, 0.25) is 0 Å². The van der Waals surface area contributed by atoms with Gasteiger partial charge in [-0.15, -0.1) is 0 Å². The molecule has 0 saturated heterocycles. The van der Waals surface area contributed by atoms with Gasteiger partial charge < -0.3 is 15.0 Å². The molecule has 1 heterocycles. The fraction of sp³-hybridized carbons (Fsp3) is 0.846. The molecular formula is C13H25N3O2. The summed E-state index contributed by atoms with van der Waals surface area (Å²) in [6, 6.07) is -0.00188. The first-order valence-corrected chi connectivity index (χ1v) is 6.49. The van der Waals surface area contributed by atoms with Crippen molar-refractivity contribution in [3.63, 3.8) is 0 Å². The summed E-state index contributed by atoms with van der Waals surface area (Å²) in [5, 5.41) is 3.97. The molecule has 0 aliphatic carbocycles. The van der Waals surface area contributed by atoms with Crippen LogP contribution in [-0.4, -0.2) is 23.3 Å². The molecule has 5 heteroatoms. The van der Waals surface area contributed by atoms with Crippen LogP contribution in [0.5, 0.6) is 0 Å². The van der Waals surface area contributed by atoms with E-state index in [9.17, 15) is 0 Å². The Bertz CT molecular complexity index is 357. The average molecular weight is 255 g/mol. The van der Waals surface area contributed by atoms with Crippen molar-refractivity contribution in [3.8, 4) is 0 Å². The van der Waals surface area contributed by atoms with E-state index in [4.69, 9.17) is 15.0 Å². The third-order valence-electron chi connectivity index (χ3n) is 3.11. The highest BCUT2D eigenvalue weighted by molar-refractivity contribution is 4.94. The average Bonchev–Trinajstić information content (AvgIpc) is 2.73. The van der Waals surface area contributed by atoms with Gasteiger partial charge in [-0.1, -0.05) is 39.3 Å². The molecule has 0 amide bonds. The highest BCUT2D eigenvalue weighted by Crippen LogP contribution is 2.22. The van der Waals surface area contributed by atoms with Crippen molar-refractivity contribution in [2.24, 2.45) is 11.1 Å². The quantitative estimate of drug-likeness (QED) is 0.845. The molecule has 5 nitrogen and oxygen atoms in total. The van der Waals surface area contributed by atoms with Gasteiger partial charge in [0.25, 0.3) is 0 Å². The summed E-state index contributed by atoms with van der Waals surface area (Å²) in [6.07, 6.45) is 2.42. The Labute approximate surface area is 109 Å². The number of hydrogen-bond acceptors (Lipinski definition) is 5. The monoisotopic (exact) mass is 255 g/mol. The van der Waals surface area contributed by atoms with Gasteiger partial charge in [0.15, 0.2) is 0 Å². The third-order valence-corrected chi connectivity index (χ3v) is 3.11. The predicted molar refractivity (Wildman–Crippen MR) is 70.1 cm³/mol. The summed E-state index contributed by atoms with van der Waals surface area (Å²) in [6.45, 7) is 8.40. The van der Waals surface area contributed by atoms with Gasteiger partial charge in [0, 0.05) is 19.6 Å². The number of hydrogen-bond donors (Lipinski definition) is 1. The van der Waals surface area contributed by atoms with E-state index < -0.39 is 0 Å². The van der Waals surface area contributed by atoms with Crippen LogP contribution in [0.15, 0.2) is 4.52 Å². The maximum Gasteiger partial charge on any atom is 0.228 e. The Balaban J connectivity index is 2.68. The molecule has 1 rings (SSSR count). The van der Waals surface area contributed by atoms with E-state index in [-0.39, 0.29) is 17.6 Å². The molecule has 0 radical (unpaired) electrons. The van der Waals surface area contributed by atoms with Gasteiger partial charge in [0.05, 0.1) is 0 Å². The van der Waals surface area contributed by atoms with E-state index >= 15 is 0 Å². The van der Waals surface area contributed by atoms with Crippen molar-refractivity contribution in [1.82, 2.24) is 10.1 Å². The fourth-order valence-corrected chi connectivity index (χ4v) is 1.59. The zero-order valence-corrected chi connectivity index (χ0v) is 12.1. The minimum Gasteiger partial charge on any atom is -0.373 e. The maximum atomic E-state index is 6.10. The lowest BCUT2D eigenvalue weighted by molar-refractivity contribution is 0.0854. The summed E-state index contributed by atoms with van der Waals surface area (Å²) in [4.78, 5) is 4.37. The van der Waals surface area contributed by atoms with Gasteiger partial charge in [-0.3, -0.25) is 0 Å². The zero-order chi connectivity index (χ0) is 13.8. The van der Waals surface area contributed by atoms with Gasteiger partial charge in [-0.05, 0) is 11.8 Å². The van der Waals surface area contributed by atoms with Crippen molar-refractivity contribution in [2.75, 3.05) is 7.11 Å². The lowest BCUT2D eigenvalue weighted by Gasteiger charge is -2.25. The molecule has 2 atom stereocenters. The molecule has 0 aliphatic rings. The van der Waals surface area contributed by atoms with Crippen LogP contribution in [0.4, 0.5) is 0 Å². The Morgan fingerprint density at radius 1 is 1.39 bits per heavy atom. The zero-order valence-electron chi connectivity index (χ0n) is 12.1. The van der Waals surface area contributed by atoms with Crippen LogP contribution >= 0.6 is 0 Å². The van der Waals surface area contributed by atoms with Crippen LogP contribution in [-0.2, 0) is 11.2 Å². The smallest absolute Gasteiger partial charge is 0.228 e. The topological polar surface area (TPSA) is 74.2 Å². The Morgan fingerprint density at radius 2 is 2.06 bits per heavy atom. The minimum atomic E-state index is -0.0849. The molecular weight excluding hydrogens is 230 g/mol. The molecule has 1 aromatic rings. The lowest BCUT2D eigenvalue weighted by atomic mass is 9.85. The van der Waals surface area contributed by atoms with Gasteiger partial charge in [0.1, 0.15) is 6.10 Å². The number of nitrogens with two attached hydrogens (primary N) is 1. The molecule has 0 aliphatic heterocycles. The molecule has 0 saturated carbocycles. The van der Waals surface area contributed by atoms with E-state index in [0.29, 0.717) is 18.1 Å². The largest absolute Gasteiger partial charge is 0.373 e. The second-order valence-electron chi connectivity index (χ2n) is 5.74. The SMILES string of the molecule is CCCC(OC)c1noc(CC(N)C(C)(C)C)n1. The third kappa shape index (κ3) is 4.07. The standard InChI is InChI=1S/C13H25N3O2/c1-6-7-9(17-5)12-15-11(18-16-12)8-10(14)13(2,3)4/h9-10H,6-8,14H2,1-5H3. The van der Waals surface area contributed by atoms with Crippen molar-refractivity contribution < 1.29 is 9.26 Å². The summed E-state index contributed by atoms with van der Waals surface area (Å²) in [5.74, 6) is 1.21. The van der Waals surface area contributed by atoms with E-state index in [1.54, 1.807) is 7.11 Å². The predicted octanol–water partition coefficient (Wildman–Crippen LogP) is 2.47. The molecule has 0 fully saturated rings. The molecule has 18 heavy (non-hydrogen) atoms. The van der Waals surface area contributed by atoms with Gasteiger partial charge in [0.2, 0.25) is 11.7 Å². The highest BCUT2D eigenvalue weighted by atomic mass is 16.5. The van der Waals surface area contributed by atoms with Crippen LogP contribution in [0, 0.1) is 5.41 Å². The molecule has 0 spiro atoms. The van der Waals surface area contributed by atoms with Crippen LogP contribution in [0.25, 0.3) is 0 Å². The summed E-state index contributed by atoms with van der Waals surface area (Å²) < 4.78 is 10.6. The van der Waals surface area contributed by atoms with E-state index in [1.165, 1.54) is 0 Å². The first kappa shape index (κ1) is 15.1. The minimum absolute atomic E-state index is 0.00188. The van der Waals surface area contributed by atoms with E-state index in [2.05, 4.69) is 37.8 Å². The van der Waals surface area contributed by atoms with Gasteiger partial charge >= 0.3 is 0 Å². The van der Waals surface area contributed by atoms with Crippen molar-refractivity contribution >= 4 is 0 Å². The summed E-state index contributed by atoms with van der Waals surface area (Å²) in [7, 11) is 1.66. The van der Waals surface area contributed by atoms with Gasteiger partial charge in [-0.2, -0.15) is 4.98 Å². The van der Waals surface area contributed by atoms with Crippen LogP contribution in [0.3, 0.4) is 0 Å². The second-order valence-corrected chi connectivity index (χ2v) is 5.74. The lowest BCUT2D eigenvalue weighted by Crippen LogP contribution is -2.37. The molecule has 0 bridgehead atoms. The van der Waals surface area contributed by atoms with E-state index in [0.717, 1.165) is 12.8 Å². The number of ether oxygens (including phenoxy) is 1. The number of methoxy groups -OCH3 is 1.